The van der Waals surface area contributed by atoms with Crippen molar-refractivity contribution >= 4 is 17.2 Å². The van der Waals surface area contributed by atoms with E-state index in [-0.39, 0.29) is 5.88 Å². The van der Waals surface area contributed by atoms with Crippen LogP contribution in [0.5, 0.6) is 11.6 Å². The first kappa shape index (κ1) is 14.1. The van der Waals surface area contributed by atoms with Crippen LogP contribution in [-0.4, -0.2) is 14.8 Å². The second kappa shape index (κ2) is 5.36. The maximum Gasteiger partial charge on any atom is 0.314 e. The fourth-order valence-electron chi connectivity index (χ4n) is 1.51. The first-order chi connectivity index (χ1) is 9.90. The summed E-state index contributed by atoms with van der Waals surface area (Å²) in [5.74, 6) is -2.37. The van der Waals surface area contributed by atoms with Gasteiger partial charge in [-0.15, -0.1) is 0 Å². The maximum atomic E-state index is 13.6. The molecule has 0 fully saturated rings. The molecule has 108 valence electrons. The number of rotatable bonds is 4. The predicted molar refractivity (Wildman–Crippen MR) is 68.4 cm³/mol. The fourth-order valence-corrected chi connectivity index (χ4v) is 1.51. The van der Waals surface area contributed by atoms with Gasteiger partial charge in [0, 0.05) is 18.2 Å². The molecule has 2 N–H and O–H groups in total. The summed E-state index contributed by atoms with van der Waals surface area (Å²) in [6.07, 6.45) is 0. The number of ether oxygens (including phenoxy) is 1. The van der Waals surface area contributed by atoms with E-state index in [9.17, 15) is 24.6 Å². The molecule has 0 aliphatic heterocycles. The zero-order valence-corrected chi connectivity index (χ0v) is 10.2. The SMILES string of the molecule is Nc1nc(Oc2c(F)cccc2[N+](=O)[O-])ccc1[N+](=O)[O-]. The quantitative estimate of drug-likeness (QED) is 0.675. The number of pyridine rings is 1. The van der Waals surface area contributed by atoms with Crippen molar-refractivity contribution in [3.8, 4) is 11.6 Å². The number of benzene rings is 1. The van der Waals surface area contributed by atoms with Gasteiger partial charge in [-0.25, -0.2) is 4.39 Å². The third-order valence-corrected chi connectivity index (χ3v) is 2.42. The number of hydrogen-bond acceptors (Lipinski definition) is 7. The van der Waals surface area contributed by atoms with Crippen molar-refractivity contribution in [3.63, 3.8) is 0 Å². The lowest BCUT2D eigenvalue weighted by atomic mass is 10.3. The highest BCUT2D eigenvalue weighted by Crippen LogP contribution is 2.34. The largest absolute Gasteiger partial charge is 0.429 e. The minimum absolute atomic E-state index is 0.300. The Morgan fingerprint density at radius 3 is 2.33 bits per heavy atom. The van der Waals surface area contributed by atoms with Gasteiger partial charge in [0.15, 0.2) is 5.82 Å². The molecule has 0 saturated carbocycles. The summed E-state index contributed by atoms with van der Waals surface area (Å²) in [6.45, 7) is 0. The number of aromatic nitrogens is 1. The van der Waals surface area contributed by atoms with Gasteiger partial charge in [-0.05, 0) is 6.07 Å². The molecule has 0 atom stereocenters. The number of para-hydroxylation sites is 1. The molecule has 0 aliphatic carbocycles. The minimum atomic E-state index is -0.970. The van der Waals surface area contributed by atoms with Crippen molar-refractivity contribution in [2.24, 2.45) is 0 Å². The monoisotopic (exact) mass is 294 g/mol. The highest BCUT2D eigenvalue weighted by molar-refractivity contribution is 5.54. The lowest BCUT2D eigenvalue weighted by Gasteiger charge is -2.06. The Labute approximate surface area is 116 Å². The fraction of sp³-hybridized carbons (Fsp3) is 0. The van der Waals surface area contributed by atoms with Crippen LogP contribution in [-0.2, 0) is 0 Å². The van der Waals surface area contributed by atoms with E-state index in [0.29, 0.717) is 0 Å². The number of hydrogen-bond donors (Lipinski definition) is 1. The molecule has 1 aromatic heterocycles. The third kappa shape index (κ3) is 2.83. The Bertz CT molecular complexity index is 737. The number of halogens is 1. The molecule has 0 saturated heterocycles. The Hall–Kier alpha value is -3.30. The highest BCUT2D eigenvalue weighted by Gasteiger charge is 2.22. The third-order valence-electron chi connectivity index (χ3n) is 2.42. The average Bonchev–Trinajstić information content (AvgIpc) is 2.40. The highest BCUT2D eigenvalue weighted by atomic mass is 19.1. The zero-order chi connectivity index (χ0) is 15.6. The first-order valence-corrected chi connectivity index (χ1v) is 5.42. The lowest BCUT2D eigenvalue weighted by Crippen LogP contribution is -2.01. The van der Waals surface area contributed by atoms with Crippen LogP contribution in [0.25, 0.3) is 0 Å². The molecular formula is C11H7FN4O5. The number of nitro benzene ring substituents is 1. The average molecular weight is 294 g/mol. The van der Waals surface area contributed by atoms with Gasteiger partial charge in [0.05, 0.1) is 9.85 Å². The van der Waals surface area contributed by atoms with Crippen LogP contribution < -0.4 is 10.5 Å². The van der Waals surface area contributed by atoms with E-state index in [2.05, 4.69) is 4.98 Å². The van der Waals surface area contributed by atoms with Crippen LogP contribution in [0, 0.1) is 26.0 Å². The van der Waals surface area contributed by atoms with E-state index >= 15 is 0 Å². The molecule has 0 spiro atoms. The summed E-state index contributed by atoms with van der Waals surface area (Å²) in [7, 11) is 0. The number of nitro groups is 2. The van der Waals surface area contributed by atoms with Crippen molar-refractivity contribution in [1.82, 2.24) is 4.98 Å². The zero-order valence-electron chi connectivity index (χ0n) is 10.2. The van der Waals surface area contributed by atoms with Crippen LogP contribution in [0.15, 0.2) is 30.3 Å². The number of nitrogens with two attached hydrogens (primary N) is 1. The lowest BCUT2D eigenvalue weighted by molar-refractivity contribution is -0.385. The van der Waals surface area contributed by atoms with Crippen LogP contribution in [0.4, 0.5) is 21.6 Å². The summed E-state index contributed by atoms with van der Waals surface area (Å²) in [6, 6.07) is 5.23. The van der Waals surface area contributed by atoms with Gasteiger partial charge in [-0.3, -0.25) is 20.2 Å². The molecule has 1 heterocycles. The van der Waals surface area contributed by atoms with Gasteiger partial charge in [0.2, 0.25) is 17.4 Å². The second-order valence-electron chi connectivity index (χ2n) is 3.76. The topological polar surface area (TPSA) is 134 Å². The van der Waals surface area contributed by atoms with E-state index in [1.807, 2.05) is 0 Å². The smallest absolute Gasteiger partial charge is 0.314 e. The summed E-state index contributed by atoms with van der Waals surface area (Å²) in [4.78, 5) is 23.4. The molecule has 9 nitrogen and oxygen atoms in total. The molecule has 2 aromatic rings. The predicted octanol–water partition coefficient (Wildman–Crippen LogP) is 2.41. The van der Waals surface area contributed by atoms with Gasteiger partial charge >= 0.3 is 11.4 Å². The molecule has 1 aromatic carbocycles. The van der Waals surface area contributed by atoms with Gasteiger partial charge in [-0.2, -0.15) is 4.98 Å². The van der Waals surface area contributed by atoms with Crippen molar-refractivity contribution < 1.29 is 19.0 Å². The molecule has 2 rings (SSSR count). The van der Waals surface area contributed by atoms with E-state index in [1.165, 1.54) is 0 Å². The summed E-state index contributed by atoms with van der Waals surface area (Å²) >= 11 is 0. The van der Waals surface area contributed by atoms with E-state index < -0.39 is 38.6 Å². The standard InChI is InChI=1S/C11H7FN4O5/c12-6-2-1-3-7(15(17)18)10(6)21-9-5-4-8(16(19)20)11(13)14-9/h1-5H,(H2,13,14). The van der Waals surface area contributed by atoms with Crippen LogP contribution in [0.1, 0.15) is 0 Å². The van der Waals surface area contributed by atoms with Gasteiger partial charge < -0.3 is 10.5 Å². The van der Waals surface area contributed by atoms with Gasteiger partial charge in [0.25, 0.3) is 0 Å². The molecule has 0 bridgehead atoms. The van der Waals surface area contributed by atoms with E-state index in [4.69, 9.17) is 10.5 Å². The van der Waals surface area contributed by atoms with Crippen molar-refractivity contribution in [2.45, 2.75) is 0 Å². The molecule has 0 aliphatic rings. The van der Waals surface area contributed by atoms with Gasteiger partial charge in [0.1, 0.15) is 0 Å². The molecule has 10 heteroatoms. The molecule has 0 radical (unpaired) electrons. The molecule has 0 amide bonds. The summed E-state index contributed by atoms with van der Waals surface area (Å²) < 4.78 is 18.6. The number of anilines is 1. The number of nitrogen functional groups attached to an aromatic ring is 1. The van der Waals surface area contributed by atoms with Crippen molar-refractivity contribution in [3.05, 3.63) is 56.4 Å². The molecular weight excluding hydrogens is 287 g/mol. The van der Waals surface area contributed by atoms with E-state index in [0.717, 1.165) is 30.3 Å². The van der Waals surface area contributed by atoms with E-state index in [1.54, 1.807) is 0 Å². The molecule has 21 heavy (non-hydrogen) atoms. The van der Waals surface area contributed by atoms with Gasteiger partial charge in [-0.1, -0.05) is 6.07 Å². The Kier molecular flexibility index (Phi) is 3.61. The van der Waals surface area contributed by atoms with Crippen LogP contribution >= 0.6 is 0 Å². The number of nitrogens with zero attached hydrogens (tertiary/aromatic N) is 3. The Morgan fingerprint density at radius 1 is 1.10 bits per heavy atom. The summed E-state index contributed by atoms with van der Waals surface area (Å²) in [5.41, 5.74) is 4.30. The molecule has 0 unspecified atom stereocenters. The van der Waals surface area contributed by atoms with Crippen LogP contribution in [0.2, 0.25) is 0 Å². The van der Waals surface area contributed by atoms with Crippen LogP contribution in [0.3, 0.4) is 0 Å². The second-order valence-corrected chi connectivity index (χ2v) is 3.76. The normalized spacial score (nSPS) is 10.1. The summed E-state index contributed by atoms with van der Waals surface area (Å²) in [5, 5.41) is 21.4. The Morgan fingerprint density at radius 2 is 1.76 bits per heavy atom. The Balaban J connectivity index is 2.41. The maximum absolute atomic E-state index is 13.6. The first-order valence-electron chi connectivity index (χ1n) is 5.42. The van der Waals surface area contributed by atoms with Crippen molar-refractivity contribution in [1.29, 1.82) is 0 Å². The minimum Gasteiger partial charge on any atom is -0.429 e. The van der Waals surface area contributed by atoms with Crippen molar-refractivity contribution in [2.75, 3.05) is 5.73 Å².